The van der Waals surface area contributed by atoms with Crippen LogP contribution in [0.2, 0.25) is 5.15 Å². The van der Waals surface area contributed by atoms with Crippen molar-refractivity contribution >= 4 is 11.6 Å². The summed E-state index contributed by atoms with van der Waals surface area (Å²) in [5.74, 6) is 0.533. The molecule has 0 amide bonds. The van der Waals surface area contributed by atoms with Gasteiger partial charge in [-0.1, -0.05) is 11.6 Å². The van der Waals surface area contributed by atoms with E-state index in [1.165, 1.54) is 4.68 Å². The number of aromatic nitrogens is 4. The van der Waals surface area contributed by atoms with Crippen molar-refractivity contribution in [1.29, 1.82) is 0 Å². The van der Waals surface area contributed by atoms with Gasteiger partial charge in [0.2, 0.25) is 0 Å². The molecule has 1 N–H and O–H groups in total. The molecule has 0 radical (unpaired) electrons. The minimum Gasteiger partial charge on any atom is -0.391 e. The van der Waals surface area contributed by atoms with Gasteiger partial charge in [-0.2, -0.15) is 10.2 Å². The summed E-state index contributed by atoms with van der Waals surface area (Å²) in [6.45, 7) is 1.65. The fourth-order valence-corrected chi connectivity index (χ4v) is 1.59. The van der Waals surface area contributed by atoms with Gasteiger partial charge in [0.1, 0.15) is 5.15 Å². The highest BCUT2D eigenvalue weighted by molar-refractivity contribution is 6.30. The van der Waals surface area contributed by atoms with E-state index in [4.69, 9.17) is 16.7 Å². The summed E-state index contributed by atoms with van der Waals surface area (Å²) in [4.78, 5) is 0. The molecule has 0 aliphatic carbocycles. The second kappa shape index (κ2) is 3.96. The Morgan fingerprint density at radius 3 is 2.87 bits per heavy atom. The van der Waals surface area contributed by atoms with E-state index in [2.05, 4.69) is 15.3 Å². The molecule has 0 saturated carbocycles. The Balaban J connectivity index is 2.55. The standard InChI is InChI=1S/C9H9ClN4O/c1-6-7(5-15)9(10)14(13-6)8-3-2-4-11-12-8/h2-4,15H,5H2,1H3. The van der Waals surface area contributed by atoms with Gasteiger partial charge in [0, 0.05) is 11.8 Å². The predicted molar refractivity (Wildman–Crippen MR) is 54.8 cm³/mol. The van der Waals surface area contributed by atoms with Crippen LogP contribution in [0.5, 0.6) is 0 Å². The average molecular weight is 225 g/mol. The summed E-state index contributed by atoms with van der Waals surface area (Å²) in [6.07, 6.45) is 1.57. The number of nitrogens with zero attached hydrogens (tertiary/aromatic N) is 4. The average Bonchev–Trinajstić information content (AvgIpc) is 2.55. The molecule has 2 rings (SSSR count). The zero-order chi connectivity index (χ0) is 10.8. The Morgan fingerprint density at radius 2 is 2.33 bits per heavy atom. The number of aryl methyl sites for hydroxylation is 1. The highest BCUT2D eigenvalue weighted by Crippen LogP contribution is 2.21. The normalized spacial score (nSPS) is 10.6. The van der Waals surface area contributed by atoms with Crippen molar-refractivity contribution < 1.29 is 5.11 Å². The highest BCUT2D eigenvalue weighted by atomic mass is 35.5. The second-order valence-corrected chi connectivity index (χ2v) is 3.36. The van der Waals surface area contributed by atoms with Gasteiger partial charge in [-0.15, -0.1) is 5.10 Å². The minimum atomic E-state index is -0.134. The van der Waals surface area contributed by atoms with E-state index >= 15 is 0 Å². The Kier molecular flexibility index (Phi) is 2.66. The third-order valence-corrected chi connectivity index (χ3v) is 2.44. The van der Waals surface area contributed by atoms with Gasteiger partial charge in [0.05, 0.1) is 12.3 Å². The van der Waals surface area contributed by atoms with Gasteiger partial charge in [0.25, 0.3) is 0 Å². The quantitative estimate of drug-likeness (QED) is 0.830. The number of rotatable bonds is 2. The maximum absolute atomic E-state index is 9.09. The molecular weight excluding hydrogens is 216 g/mol. The summed E-state index contributed by atoms with van der Waals surface area (Å²) in [6, 6.07) is 3.49. The minimum absolute atomic E-state index is 0.134. The van der Waals surface area contributed by atoms with E-state index in [-0.39, 0.29) is 6.61 Å². The van der Waals surface area contributed by atoms with Crippen LogP contribution in [0.1, 0.15) is 11.3 Å². The summed E-state index contributed by atoms with van der Waals surface area (Å²) >= 11 is 6.04. The zero-order valence-corrected chi connectivity index (χ0v) is 8.81. The van der Waals surface area contributed by atoms with Crippen molar-refractivity contribution in [1.82, 2.24) is 20.0 Å². The summed E-state index contributed by atoms with van der Waals surface area (Å²) in [5, 5.41) is 21.2. The van der Waals surface area contributed by atoms with Crippen LogP contribution in [-0.2, 0) is 6.61 Å². The van der Waals surface area contributed by atoms with E-state index in [1.54, 1.807) is 25.3 Å². The first kappa shape index (κ1) is 10.1. The van der Waals surface area contributed by atoms with Crippen LogP contribution in [0.25, 0.3) is 5.82 Å². The molecule has 0 aromatic carbocycles. The topological polar surface area (TPSA) is 63.8 Å². The van der Waals surface area contributed by atoms with E-state index < -0.39 is 0 Å². The first-order chi connectivity index (χ1) is 7.24. The molecule has 0 fully saturated rings. The van der Waals surface area contributed by atoms with E-state index in [0.717, 1.165) is 0 Å². The Bertz CT molecular complexity index is 468. The molecule has 0 saturated heterocycles. The fraction of sp³-hybridized carbons (Fsp3) is 0.222. The number of hydrogen-bond acceptors (Lipinski definition) is 4. The van der Waals surface area contributed by atoms with Gasteiger partial charge in [-0.25, -0.2) is 4.68 Å². The largest absolute Gasteiger partial charge is 0.391 e. The van der Waals surface area contributed by atoms with Gasteiger partial charge in [-0.05, 0) is 19.1 Å². The first-order valence-electron chi connectivity index (χ1n) is 4.37. The van der Waals surface area contributed by atoms with Gasteiger partial charge >= 0.3 is 0 Å². The van der Waals surface area contributed by atoms with Crippen molar-refractivity contribution in [2.24, 2.45) is 0 Å². The third kappa shape index (κ3) is 1.71. The molecule has 0 bridgehead atoms. The monoisotopic (exact) mass is 224 g/mol. The lowest BCUT2D eigenvalue weighted by atomic mass is 10.3. The smallest absolute Gasteiger partial charge is 0.177 e. The molecule has 0 unspecified atom stereocenters. The van der Waals surface area contributed by atoms with Crippen LogP contribution in [-0.4, -0.2) is 25.1 Å². The third-order valence-electron chi connectivity index (χ3n) is 2.06. The van der Waals surface area contributed by atoms with E-state index in [9.17, 15) is 0 Å². The number of aliphatic hydroxyl groups is 1. The molecule has 0 aliphatic rings. The Morgan fingerprint density at radius 1 is 1.53 bits per heavy atom. The molecular formula is C9H9ClN4O. The van der Waals surface area contributed by atoms with Crippen molar-refractivity contribution in [3.05, 3.63) is 34.7 Å². The van der Waals surface area contributed by atoms with Crippen molar-refractivity contribution in [3.8, 4) is 5.82 Å². The van der Waals surface area contributed by atoms with E-state index in [1.807, 2.05) is 0 Å². The molecule has 0 aliphatic heterocycles. The van der Waals surface area contributed by atoms with Crippen LogP contribution >= 0.6 is 11.6 Å². The second-order valence-electron chi connectivity index (χ2n) is 3.01. The van der Waals surface area contributed by atoms with Crippen LogP contribution in [0.4, 0.5) is 0 Å². The van der Waals surface area contributed by atoms with Crippen molar-refractivity contribution in [3.63, 3.8) is 0 Å². The molecule has 6 heteroatoms. The van der Waals surface area contributed by atoms with Crippen LogP contribution in [0.3, 0.4) is 0 Å². The molecule has 0 spiro atoms. The summed E-state index contributed by atoms with van der Waals surface area (Å²) in [7, 11) is 0. The SMILES string of the molecule is Cc1nn(-c2cccnn2)c(Cl)c1CO. The first-order valence-corrected chi connectivity index (χ1v) is 4.74. The lowest BCUT2D eigenvalue weighted by Crippen LogP contribution is -2.00. The summed E-state index contributed by atoms with van der Waals surface area (Å²) < 4.78 is 1.45. The number of halogens is 1. The maximum Gasteiger partial charge on any atom is 0.177 e. The molecule has 2 aromatic rings. The fourth-order valence-electron chi connectivity index (χ4n) is 1.27. The predicted octanol–water partition coefficient (Wildman–Crippen LogP) is 1.12. The molecule has 15 heavy (non-hydrogen) atoms. The lowest BCUT2D eigenvalue weighted by molar-refractivity contribution is 0.281. The molecule has 2 heterocycles. The van der Waals surface area contributed by atoms with Gasteiger partial charge in [-0.3, -0.25) is 0 Å². The highest BCUT2D eigenvalue weighted by Gasteiger charge is 2.14. The van der Waals surface area contributed by atoms with Crippen LogP contribution < -0.4 is 0 Å². The zero-order valence-electron chi connectivity index (χ0n) is 8.05. The Hall–Kier alpha value is -1.46. The van der Waals surface area contributed by atoms with Crippen LogP contribution in [0, 0.1) is 6.92 Å². The summed E-state index contributed by atoms with van der Waals surface area (Å²) in [5.41, 5.74) is 1.30. The van der Waals surface area contributed by atoms with Gasteiger partial charge < -0.3 is 5.11 Å². The van der Waals surface area contributed by atoms with Crippen molar-refractivity contribution in [2.75, 3.05) is 0 Å². The number of aliphatic hydroxyl groups excluding tert-OH is 1. The van der Waals surface area contributed by atoms with Crippen molar-refractivity contribution in [2.45, 2.75) is 13.5 Å². The molecule has 78 valence electrons. The molecule has 2 aromatic heterocycles. The molecule has 0 atom stereocenters. The van der Waals surface area contributed by atoms with Gasteiger partial charge in [0.15, 0.2) is 5.82 Å². The van der Waals surface area contributed by atoms with Crippen LogP contribution in [0.15, 0.2) is 18.3 Å². The molecule has 5 nitrogen and oxygen atoms in total. The number of hydrogen-bond donors (Lipinski definition) is 1. The van der Waals surface area contributed by atoms with E-state index in [0.29, 0.717) is 22.2 Å². The lowest BCUT2D eigenvalue weighted by Gasteiger charge is -1.99. The Labute approximate surface area is 91.3 Å². The maximum atomic E-state index is 9.09.